The largest absolute Gasteiger partial charge is 0.497 e. The fourth-order valence-corrected chi connectivity index (χ4v) is 2.31. The molecule has 0 aliphatic carbocycles. The van der Waals surface area contributed by atoms with Gasteiger partial charge in [0.2, 0.25) is 0 Å². The fourth-order valence-electron chi connectivity index (χ4n) is 2.31. The average molecular weight is 254 g/mol. The SMILES string of the molecule is COc1ccnc(CN2Cc3ccccc3C2=O)c1. The summed E-state index contributed by atoms with van der Waals surface area (Å²) in [5, 5.41) is 0. The van der Waals surface area contributed by atoms with Crippen LogP contribution in [0.2, 0.25) is 0 Å². The Hall–Kier alpha value is -2.36. The molecule has 2 aromatic rings. The van der Waals surface area contributed by atoms with Crippen LogP contribution in [0.5, 0.6) is 5.75 Å². The summed E-state index contributed by atoms with van der Waals surface area (Å²) in [6.45, 7) is 1.15. The topological polar surface area (TPSA) is 42.4 Å². The zero-order valence-electron chi connectivity index (χ0n) is 10.7. The van der Waals surface area contributed by atoms with E-state index in [-0.39, 0.29) is 5.91 Å². The number of fused-ring (bicyclic) bond motifs is 1. The summed E-state index contributed by atoms with van der Waals surface area (Å²) in [7, 11) is 1.62. The van der Waals surface area contributed by atoms with Crippen molar-refractivity contribution in [2.75, 3.05) is 7.11 Å². The van der Waals surface area contributed by atoms with E-state index in [9.17, 15) is 4.79 Å². The summed E-state index contributed by atoms with van der Waals surface area (Å²) in [6.07, 6.45) is 1.70. The Bertz CT molecular complexity index is 625. The smallest absolute Gasteiger partial charge is 0.254 e. The van der Waals surface area contributed by atoms with Gasteiger partial charge < -0.3 is 9.64 Å². The van der Waals surface area contributed by atoms with Crippen LogP contribution in [0.25, 0.3) is 0 Å². The quantitative estimate of drug-likeness (QED) is 0.843. The van der Waals surface area contributed by atoms with Crippen molar-refractivity contribution in [2.45, 2.75) is 13.1 Å². The molecule has 19 heavy (non-hydrogen) atoms. The van der Waals surface area contributed by atoms with Crippen LogP contribution in [0.15, 0.2) is 42.6 Å². The Morgan fingerprint density at radius 1 is 1.32 bits per heavy atom. The molecule has 0 N–H and O–H groups in total. The summed E-state index contributed by atoms with van der Waals surface area (Å²) in [5.41, 5.74) is 2.71. The number of amides is 1. The number of carbonyl (C=O) groups excluding carboxylic acids is 1. The summed E-state index contributed by atoms with van der Waals surface area (Å²) < 4.78 is 5.16. The Kier molecular flexibility index (Phi) is 2.91. The molecular weight excluding hydrogens is 240 g/mol. The van der Waals surface area contributed by atoms with E-state index in [2.05, 4.69) is 4.98 Å². The molecule has 0 atom stereocenters. The lowest BCUT2D eigenvalue weighted by atomic mass is 10.1. The predicted octanol–water partition coefficient (Wildman–Crippen LogP) is 2.25. The van der Waals surface area contributed by atoms with Gasteiger partial charge in [-0.15, -0.1) is 0 Å². The monoisotopic (exact) mass is 254 g/mol. The highest BCUT2D eigenvalue weighted by molar-refractivity contribution is 5.98. The van der Waals surface area contributed by atoms with Crippen LogP contribution in [0.3, 0.4) is 0 Å². The molecule has 4 nitrogen and oxygen atoms in total. The summed E-state index contributed by atoms with van der Waals surface area (Å²) in [4.78, 5) is 18.3. The molecule has 1 aromatic heterocycles. The molecule has 2 heterocycles. The first-order valence-electron chi connectivity index (χ1n) is 6.14. The molecule has 0 saturated carbocycles. The number of methoxy groups -OCH3 is 1. The van der Waals surface area contributed by atoms with Crippen molar-refractivity contribution in [3.8, 4) is 5.75 Å². The second kappa shape index (κ2) is 4.72. The lowest BCUT2D eigenvalue weighted by Gasteiger charge is -2.15. The maximum atomic E-state index is 12.2. The lowest BCUT2D eigenvalue weighted by molar-refractivity contribution is 0.0764. The molecule has 1 aliphatic rings. The normalized spacial score (nSPS) is 13.5. The molecule has 96 valence electrons. The van der Waals surface area contributed by atoms with Crippen LogP contribution in [0.4, 0.5) is 0 Å². The molecule has 0 radical (unpaired) electrons. The molecule has 0 fully saturated rings. The third-order valence-electron chi connectivity index (χ3n) is 3.27. The molecule has 0 spiro atoms. The first-order valence-corrected chi connectivity index (χ1v) is 6.14. The van der Waals surface area contributed by atoms with E-state index in [1.54, 1.807) is 24.3 Å². The average Bonchev–Trinajstić information content (AvgIpc) is 2.76. The van der Waals surface area contributed by atoms with E-state index >= 15 is 0 Å². The van der Waals surface area contributed by atoms with Gasteiger partial charge in [-0.05, 0) is 17.7 Å². The summed E-state index contributed by atoms with van der Waals surface area (Å²) >= 11 is 0. The van der Waals surface area contributed by atoms with Gasteiger partial charge in [0.05, 0.1) is 19.3 Å². The second-order valence-corrected chi connectivity index (χ2v) is 4.51. The number of rotatable bonds is 3. The van der Waals surface area contributed by atoms with Gasteiger partial charge in [-0.3, -0.25) is 9.78 Å². The highest BCUT2D eigenvalue weighted by Crippen LogP contribution is 2.24. The number of hydrogen-bond acceptors (Lipinski definition) is 3. The van der Waals surface area contributed by atoms with Crippen LogP contribution in [-0.2, 0) is 13.1 Å². The third-order valence-corrected chi connectivity index (χ3v) is 3.27. The van der Waals surface area contributed by atoms with E-state index in [4.69, 9.17) is 4.74 Å². The molecular formula is C15H14N2O2. The maximum Gasteiger partial charge on any atom is 0.254 e. The number of ether oxygens (including phenoxy) is 1. The fraction of sp³-hybridized carbons (Fsp3) is 0.200. The van der Waals surface area contributed by atoms with Crippen LogP contribution in [0.1, 0.15) is 21.6 Å². The third kappa shape index (κ3) is 2.17. The molecule has 0 unspecified atom stereocenters. The van der Waals surface area contributed by atoms with Gasteiger partial charge in [-0.2, -0.15) is 0 Å². The lowest BCUT2D eigenvalue weighted by Crippen LogP contribution is -2.23. The molecule has 0 bridgehead atoms. The standard InChI is InChI=1S/C15H14N2O2/c1-19-13-6-7-16-12(8-13)10-17-9-11-4-2-3-5-14(11)15(17)18/h2-8H,9-10H2,1H3. The first kappa shape index (κ1) is 11.7. The first-order chi connectivity index (χ1) is 9.28. The van der Waals surface area contributed by atoms with Crippen molar-refractivity contribution in [2.24, 2.45) is 0 Å². The van der Waals surface area contributed by atoms with Crippen molar-refractivity contribution in [1.29, 1.82) is 0 Å². The predicted molar refractivity (Wildman–Crippen MR) is 70.8 cm³/mol. The van der Waals surface area contributed by atoms with E-state index in [1.165, 1.54) is 0 Å². The van der Waals surface area contributed by atoms with Crippen LogP contribution >= 0.6 is 0 Å². The second-order valence-electron chi connectivity index (χ2n) is 4.51. The minimum atomic E-state index is 0.0696. The van der Waals surface area contributed by atoms with Gasteiger partial charge in [0.25, 0.3) is 5.91 Å². The summed E-state index contributed by atoms with van der Waals surface area (Å²) in [6, 6.07) is 11.4. The molecule has 4 heteroatoms. The van der Waals surface area contributed by atoms with E-state index < -0.39 is 0 Å². The van der Waals surface area contributed by atoms with Crippen molar-refractivity contribution in [3.05, 3.63) is 59.4 Å². The molecule has 3 rings (SSSR count). The highest BCUT2D eigenvalue weighted by atomic mass is 16.5. The van der Waals surface area contributed by atoms with Crippen molar-refractivity contribution >= 4 is 5.91 Å². The zero-order chi connectivity index (χ0) is 13.2. The Morgan fingerprint density at radius 3 is 2.95 bits per heavy atom. The van der Waals surface area contributed by atoms with Gasteiger partial charge in [0.1, 0.15) is 5.75 Å². The van der Waals surface area contributed by atoms with Crippen molar-refractivity contribution in [3.63, 3.8) is 0 Å². The minimum Gasteiger partial charge on any atom is -0.497 e. The highest BCUT2D eigenvalue weighted by Gasteiger charge is 2.26. The Labute approximate surface area is 111 Å². The van der Waals surface area contributed by atoms with Gasteiger partial charge in [0.15, 0.2) is 0 Å². The van der Waals surface area contributed by atoms with Crippen molar-refractivity contribution < 1.29 is 9.53 Å². The molecule has 0 saturated heterocycles. The number of benzene rings is 1. The van der Waals surface area contributed by atoms with Crippen LogP contribution in [-0.4, -0.2) is 22.9 Å². The van der Waals surface area contributed by atoms with E-state index in [1.807, 2.05) is 30.3 Å². The number of nitrogens with zero attached hydrogens (tertiary/aromatic N) is 2. The summed E-state index contributed by atoms with van der Waals surface area (Å²) in [5.74, 6) is 0.828. The molecule has 1 aromatic carbocycles. The Balaban J connectivity index is 1.81. The van der Waals surface area contributed by atoms with Gasteiger partial charge in [-0.25, -0.2) is 0 Å². The van der Waals surface area contributed by atoms with Crippen molar-refractivity contribution in [1.82, 2.24) is 9.88 Å². The zero-order valence-corrected chi connectivity index (χ0v) is 10.7. The maximum absolute atomic E-state index is 12.2. The van der Waals surface area contributed by atoms with Gasteiger partial charge in [-0.1, -0.05) is 18.2 Å². The number of aromatic nitrogens is 1. The van der Waals surface area contributed by atoms with Crippen LogP contribution < -0.4 is 4.74 Å². The van der Waals surface area contributed by atoms with E-state index in [0.717, 1.165) is 22.6 Å². The molecule has 1 amide bonds. The number of pyridine rings is 1. The number of carbonyl (C=O) groups is 1. The van der Waals surface area contributed by atoms with Crippen LogP contribution in [0, 0.1) is 0 Å². The minimum absolute atomic E-state index is 0.0696. The molecule has 1 aliphatic heterocycles. The Morgan fingerprint density at radius 2 is 2.16 bits per heavy atom. The van der Waals surface area contributed by atoms with Gasteiger partial charge >= 0.3 is 0 Å². The van der Waals surface area contributed by atoms with Gasteiger partial charge in [0, 0.05) is 24.4 Å². The van der Waals surface area contributed by atoms with E-state index in [0.29, 0.717) is 13.1 Å². The number of hydrogen-bond donors (Lipinski definition) is 0.